The number of thiazole rings is 1. The summed E-state index contributed by atoms with van der Waals surface area (Å²) in [5.41, 5.74) is 2.23. The summed E-state index contributed by atoms with van der Waals surface area (Å²) in [6.07, 6.45) is 1.69. The van der Waals surface area contributed by atoms with Crippen molar-refractivity contribution in [3.8, 4) is 23.0 Å². The number of rotatable bonds is 8. The monoisotopic (exact) mass is 650 g/mol. The number of phenols is 1. The molecule has 0 fully saturated rings. The lowest BCUT2D eigenvalue weighted by Crippen LogP contribution is -2.40. The highest BCUT2D eigenvalue weighted by atomic mass is 79.9. The summed E-state index contributed by atoms with van der Waals surface area (Å²) in [7, 11) is 4.51. The van der Waals surface area contributed by atoms with Gasteiger partial charge in [-0.05, 0) is 64.3 Å². The Morgan fingerprint density at radius 2 is 1.74 bits per heavy atom. The van der Waals surface area contributed by atoms with Crippen molar-refractivity contribution >= 4 is 45.0 Å². The van der Waals surface area contributed by atoms with Gasteiger partial charge in [0.15, 0.2) is 27.8 Å². The van der Waals surface area contributed by atoms with Crippen LogP contribution in [-0.4, -0.2) is 43.6 Å². The van der Waals surface area contributed by atoms with Gasteiger partial charge < -0.3 is 24.1 Å². The number of aromatic nitrogens is 1. The fourth-order valence-electron chi connectivity index (χ4n) is 4.76. The van der Waals surface area contributed by atoms with Crippen LogP contribution in [0.1, 0.15) is 29.7 Å². The molecule has 2 heterocycles. The predicted molar refractivity (Wildman–Crippen MR) is 163 cm³/mol. The van der Waals surface area contributed by atoms with E-state index < -0.39 is 12.0 Å². The number of halogens is 1. The van der Waals surface area contributed by atoms with Crippen molar-refractivity contribution in [2.75, 3.05) is 27.9 Å². The second-order valence-corrected chi connectivity index (χ2v) is 11.0. The Balaban J connectivity index is 1.84. The third kappa shape index (κ3) is 5.33. The minimum atomic E-state index is -0.876. The third-order valence-corrected chi connectivity index (χ3v) is 8.25. The number of methoxy groups -OCH3 is 3. The first-order valence-electron chi connectivity index (χ1n) is 12.9. The van der Waals surface area contributed by atoms with E-state index in [-0.39, 0.29) is 29.2 Å². The van der Waals surface area contributed by atoms with Crippen molar-refractivity contribution in [1.82, 2.24) is 4.57 Å². The molecule has 0 aliphatic carbocycles. The highest BCUT2D eigenvalue weighted by Gasteiger charge is 2.35. The SMILES string of the molecule is CCOC(=O)C1=C(c2ccccc2)N=c2s/c(=C\c3cc(Br)c(O)c(OC)c3)c(=O)n2[C@H]1c1ccc(OC)c(OC)c1. The summed E-state index contributed by atoms with van der Waals surface area (Å²) in [5, 5.41) is 10.2. The van der Waals surface area contributed by atoms with Crippen molar-refractivity contribution in [3.05, 3.63) is 107 Å². The summed E-state index contributed by atoms with van der Waals surface area (Å²) >= 11 is 4.52. The smallest absolute Gasteiger partial charge is 0.338 e. The number of hydrogen-bond acceptors (Lipinski definition) is 9. The Kier molecular flexibility index (Phi) is 8.51. The third-order valence-electron chi connectivity index (χ3n) is 6.67. The van der Waals surface area contributed by atoms with Gasteiger partial charge in [0, 0.05) is 5.56 Å². The fraction of sp³-hybridized carbons (Fsp3) is 0.194. The maximum Gasteiger partial charge on any atom is 0.338 e. The summed E-state index contributed by atoms with van der Waals surface area (Å²) in [4.78, 5) is 33.0. The summed E-state index contributed by atoms with van der Waals surface area (Å²) in [6, 6.07) is 17.0. The molecule has 1 aliphatic heterocycles. The van der Waals surface area contributed by atoms with E-state index in [1.54, 1.807) is 43.3 Å². The molecule has 11 heteroatoms. The number of benzene rings is 3. The van der Waals surface area contributed by atoms with Crippen molar-refractivity contribution in [2.24, 2.45) is 4.99 Å². The van der Waals surface area contributed by atoms with Crippen LogP contribution < -0.4 is 29.1 Å². The first kappa shape index (κ1) is 29.2. The summed E-state index contributed by atoms with van der Waals surface area (Å²) < 4.78 is 24.1. The normalized spacial score (nSPS) is 14.7. The van der Waals surface area contributed by atoms with Crippen molar-refractivity contribution in [2.45, 2.75) is 13.0 Å². The molecule has 4 aromatic rings. The first-order chi connectivity index (χ1) is 20.3. The number of aromatic hydroxyl groups is 1. The molecule has 0 saturated carbocycles. The van der Waals surface area contributed by atoms with Gasteiger partial charge in [-0.2, -0.15) is 0 Å². The van der Waals surface area contributed by atoms with E-state index >= 15 is 0 Å². The van der Waals surface area contributed by atoms with Crippen LogP contribution in [0.4, 0.5) is 0 Å². The van der Waals surface area contributed by atoms with Crippen LogP contribution in [0.5, 0.6) is 23.0 Å². The molecule has 42 heavy (non-hydrogen) atoms. The van der Waals surface area contributed by atoms with Crippen LogP contribution in [0.3, 0.4) is 0 Å². The first-order valence-corrected chi connectivity index (χ1v) is 14.5. The topological polar surface area (TPSA) is 109 Å². The van der Waals surface area contributed by atoms with Crippen LogP contribution in [0.15, 0.2) is 80.5 Å². The Labute approximate surface area is 253 Å². The Bertz CT molecular complexity index is 1880. The lowest BCUT2D eigenvalue weighted by Gasteiger charge is -2.26. The van der Waals surface area contributed by atoms with Gasteiger partial charge in [-0.3, -0.25) is 9.36 Å². The standard InChI is InChI=1S/C31H27BrN2O7S/c1-5-41-30(37)25-26(18-9-7-6-8-10-18)33-31-34(27(25)19-11-12-21(38-2)22(16-19)39-3)29(36)24(42-31)15-17-13-20(32)28(35)23(14-17)40-4/h6-16,27,35H,5H2,1-4H3/b24-15-/t27-/m0/s1. The molecule has 0 amide bonds. The molecule has 0 saturated heterocycles. The van der Waals surface area contributed by atoms with Gasteiger partial charge in [-0.15, -0.1) is 0 Å². The molecule has 0 unspecified atom stereocenters. The van der Waals surface area contributed by atoms with Crippen LogP contribution in [0, 0.1) is 0 Å². The van der Waals surface area contributed by atoms with Crippen molar-refractivity contribution < 1.29 is 28.8 Å². The number of phenolic OH excluding ortho intramolecular Hbond substituents is 1. The zero-order valence-electron chi connectivity index (χ0n) is 23.2. The summed E-state index contributed by atoms with van der Waals surface area (Å²) in [5.74, 6) is 0.574. The molecule has 3 aromatic carbocycles. The van der Waals surface area contributed by atoms with Gasteiger partial charge in [-0.1, -0.05) is 47.7 Å². The van der Waals surface area contributed by atoms with Gasteiger partial charge in [0.05, 0.1) is 54.3 Å². The van der Waals surface area contributed by atoms with E-state index in [1.807, 2.05) is 30.3 Å². The average Bonchev–Trinajstić information content (AvgIpc) is 3.32. The lowest BCUT2D eigenvalue weighted by molar-refractivity contribution is -0.138. The maximum atomic E-state index is 14.1. The molecule has 1 aromatic heterocycles. The van der Waals surface area contributed by atoms with Crippen molar-refractivity contribution in [1.29, 1.82) is 0 Å². The van der Waals surface area contributed by atoms with Crippen LogP contribution >= 0.6 is 27.3 Å². The van der Waals surface area contributed by atoms with Crippen LogP contribution in [-0.2, 0) is 9.53 Å². The fourth-order valence-corrected chi connectivity index (χ4v) is 6.22. The molecular formula is C31H27BrN2O7S. The predicted octanol–water partition coefficient (Wildman–Crippen LogP) is 4.43. The molecule has 1 aliphatic rings. The number of hydrogen-bond donors (Lipinski definition) is 1. The van der Waals surface area contributed by atoms with Gasteiger partial charge >= 0.3 is 5.97 Å². The van der Waals surface area contributed by atoms with E-state index in [9.17, 15) is 14.7 Å². The molecule has 0 bridgehead atoms. The molecule has 216 valence electrons. The van der Waals surface area contributed by atoms with E-state index in [0.29, 0.717) is 47.7 Å². The Morgan fingerprint density at radius 1 is 1.02 bits per heavy atom. The number of ether oxygens (including phenoxy) is 4. The minimum absolute atomic E-state index is 0.0452. The second kappa shape index (κ2) is 12.3. The quantitative estimate of drug-likeness (QED) is 0.281. The van der Waals surface area contributed by atoms with E-state index in [0.717, 1.165) is 0 Å². The molecule has 1 atom stereocenters. The summed E-state index contributed by atoms with van der Waals surface area (Å²) in [6.45, 7) is 1.87. The molecule has 0 radical (unpaired) electrons. The molecular weight excluding hydrogens is 624 g/mol. The van der Waals surface area contributed by atoms with Crippen molar-refractivity contribution in [3.63, 3.8) is 0 Å². The number of carbonyl (C=O) groups excluding carboxylic acids is 1. The number of carbonyl (C=O) groups is 1. The van der Waals surface area contributed by atoms with E-state index in [4.69, 9.17) is 23.9 Å². The zero-order chi connectivity index (χ0) is 30.0. The van der Waals surface area contributed by atoms with Gasteiger partial charge in [-0.25, -0.2) is 9.79 Å². The van der Waals surface area contributed by atoms with E-state index in [2.05, 4.69) is 15.9 Å². The number of nitrogens with zero attached hydrogens (tertiary/aromatic N) is 2. The molecule has 5 rings (SSSR count). The molecule has 9 nitrogen and oxygen atoms in total. The number of fused-ring (bicyclic) bond motifs is 1. The Hall–Kier alpha value is -4.35. The zero-order valence-corrected chi connectivity index (χ0v) is 25.6. The highest BCUT2D eigenvalue weighted by molar-refractivity contribution is 9.10. The minimum Gasteiger partial charge on any atom is -0.503 e. The maximum absolute atomic E-state index is 14.1. The van der Waals surface area contributed by atoms with Gasteiger partial charge in [0.1, 0.15) is 0 Å². The average molecular weight is 652 g/mol. The number of esters is 1. The van der Waals surface area contributed by atoms with Gasteiger partial charge in [0.2, 0.25) is 0 Å². The van der Waals surface area contributed by atoms with Gasteiger partial charge in [0.25, 0.3) is 5.56 Å². The second-order valence-electron chi connectivity index (χ2n) is 9.10. The highest BCUT2D eigenvalue weighted by Crippen LogP contribution is 2.39. The molecule has 1 N–H and O–H groups in total. The largest absolute Gasteiger partial charge is 0.503 e. The molecule has 0 spiro atoms. The van der Waals surface area contributed by atoms with E-state index in [1.165, 1.54) is 37.2 Å². The van der Waals surface area contributed by atoms with Crippen LogP contribution in [0.25, 0.3) is 11.8 Å². The lowest BCUT2D eigenvalue weighted by atomic mass is 9.93. The van der Waals surface area contributed by atoms with Crippen LogP contribution in [0.2, 0.25) is 0 Å². The Morgan fingerprint density at radius 3 is 2.40 bits per heavy atom.